The molecule has 1 saturated heterocycles. The number of amidine groups is 1. The number of methoxy groups -OCH3 is 2. The van der Waals surface area contributed by atoms with Crippen LogP contribution >= 0.6 is 11.8 Å². The Labute approximate surface area is 168 Å². The zero-order chi connectivity index (χ0) is 19.3. The lowest BCUT2D eigenvalue weighted by Gasteiger charge is -2.37. The Kier molecular flexibility index (Phi) is 4.16. The number of hydrogen-bond donors (Lipinski definition) is 0. The van der Waals surface area contributed by atoms with Crippen molar-refractivity contribution < 1.29 is 14.3 Å². The van der Waals surface area contributed by atoms with E-state index >= 15 is 0 Å². The zero-order valence-corrected chi connectivity index (χ0v) is 16.6. The molecule has 1 fully saturated rings. The van der Waals surface area contributed by atoms with E-state index in [4.69, 9.17) is 14.5 Å². The molecule has 6 heteroatoms. The Bertz CT molecular complexity index is 1040. The number of amides is 1. The maximum atomic E-state index is 12.8. The van der Waals surface area contributed by atoms with Crippen molar-refractivity contribution in [3.8, 4) is 11.5 Å². The van der Waals surface area contributed by atoms with Crippen LogP contribution in [-0.4, -0.2) is 35.9 Å². The molecule has 0 aromatic heterocycles. The Morgan fingerprint density at radius 2 is 1.96 bits per heavy atom. The molecule has 2 heterocycles. The molecule has 0 radical (unpaired) electrons. The Balaban J connectivity index is 1.75. The molecule has 2 aromatic carbocycles. The highest BCUT2D eigenvalue weighted by Gasteiger charge is 2.43. The summed E-state index contributed by atoms with van der Waals surface area (Å²) in [5, 5.41) is 0.773. The van der Waals surface area contributed by atoms with Crippen LogP contribution in [0, 0.1) is 0 Å². The van der Waals surface area contributed by atoms with E-state index < -0.39 is 0 Å². The molecule has 1 atom stereocenters. The van der Waals surface area contributed by atoms with Gasteiger partial charge in [0.15, 0.2) is 5.17 Å². The molecule has 28 heavy (non-hydrogen) atoms. The minimum absolute atomic E-state index is 0.0871. The smallest absolute Gasteiger partial charge is 0.239 e. The van der Waals surface area contributed by atoms with Crippen LogP contribution in [0.4, 0.5) is 0 Å². The summed E-state index contributed by atoms with van der Waals surface area (Å²) in [6.45, 7) is 0. The quantitative estimate of drug-likeness (QED) is 0.791. The number of fused-ring (bicyclic) bond motifs is 3. The molecular formula is C22H20N2O3S. The van der Waals surface area contributed by atoms with Gasteiger partial charge in [-0.1, -0.05) is 36.0 Å². The van der Waals surface area contributed by atoms with E-state index in [2.05, 4.69) is 24.3 Å². The average Bonchev–Trinajstić information content (AvgIpc) is 3.12. The van der Waals surface area contributed by atoms with Crippen molar-refractivity contribution in [3.63, 3.8) is 0 Å². The molecule has 2 aromatic rings. The van der Waals surface area contributed by atoms with Crippen LogP contribution in [0.5, 0.6) is 11.5 Å². The van der Waals surface area contributed by atoms with Crippen LogP contribution in [0.15, 0.2) is 53.0 Å². The van der Waals surface area contributed by atoms with E-state index in [0.29, 0.717) is 5.75 Å². The van der Waals surface area contributed by atoms with Crippen molar-refractivity contribution in [3.05, 3.63) is 64.7 Å². The molecule has 1 aliphatic carbocycles. The number of aryl methyl sites for hydroxylation is 1. The highest BCUT2D eigenvalue weighted by atomic mass is 32.2. The lowest BCUT2D eigenvalue weighted by atomic mass is 9.82. The van der Waals surface area contributed by atoms with Crippen molar-refractivity contribution in [1.29, 1.82) is 0 Å². The fourth-order valence-electron chi connectivity index (χ4n) is 4.27. The monoisotopic (exact) mass is 392 g/mol. The first kappa shape index (κ1) is 17.4. The lowest BCUT2D eigenvalue weighted by Crippen LogP contribution is -2.38. The van der Waals surface area contributed by atoms with Crippen molar-refractivity contribution >= 4 is 28.5 Å². The summed E-state index contributed by atoms with van der Waals surface area (Å²) in [5.74, 6) is 2.01. The maximum Gasteiger partial charge on any atom is 0.239 e. The van der Waals surface area contributed by atoms with Crippen molar-refractivity contribution in [1.82, 2.24) is 4.90 Å². The van der Waals surface area contributed by atoms with Crippen LogP contribution in [-0.2, 0) is 11.2 Å². The van der Waals surface area contributed by atoms with Gasteiger partial charge in [-0.3, -0.25) is 9.69 Å². The van der Waals surface area contributed by atoms with E-state index in [1.807, 2.05) is 23.1 Å². The predicted molar refractivity (Wildman–Crippen MR) is 111 cm³/mol. The molecule has 142 valence electrons. The third kappa shape index (κ3) is 2.55. The summed E-state index contributed by atoms with van der Waals surface area (Å²) >= 11 is 1.51. The second kappa shape index (κ2) is 6.71. The number of ether oxygens (including phenoxy) is 2. The van der Waals surface area contributed by atoms with Gasteiger partial charge in [0, 0.05) is 11.1 Å². The molecule has 0 saturated carbocycles. The Morgan fingerprint density at radius 3 is 2.79 bits per heavy atom. The summed E-state index contributed by atoms with van der Waals surface area (Å²) in [6, 6.07) is 14.0. The fraction of sp³-hybridized carbons (Fsp3) is 0.273. The van der Waals surface area contributed by atoms with Gasteiger partial charge in [0.1, 0.15) is 11.5 Å². The highest BCUT2D eigenvalue weighted by Crippen LogP contribution is 2.49. The summed E-state index contributed by atoms with van der Waals surface area (Å²) in [5.41, 5.74) is 5.60. The molecule has 0 spiro atoms. The molecule has 2 aliphatic heterocycles. The van der Waals surface area contributed by atoms with Gasteiger partial charge in [-0.05, 0) is 42.2 Å². The van der Waals surface area contributed by atoms with Gasteiger partial charge in [0.2, 0.25) is 5.91 Å². The lowest BCUT2D eigenvalue weighted by molar-refractivity contribution is -0.125. The van der Waals surface area contributed by atoms with E-state index in [9.17, 15) is 4.79 Å². The van der Waals surface area contributed by atoms with E-state index in [0.717, 1.165) is 40.8 Å². The number of thioether (sulfide) groups is 1. The van der Waals surface area contributed by atoms with E-state index in [-0.39, 0.29) is 11.9 Å². The number of benzene rings is 2. The Hall–Kier alpha value is -2.73. The third-order valence-electron chi connectivity index (χ3n) is 5.57. The predicted octanol–water partition coefficient (Wildman–Crippen LogP) is 4.05. The number of hydrogen-bond acceptors (Lipinski definition) is 5. The molecule has 0 bridgehead atoms. The first-order valence-electron chi connectivity index (χ1n) is 9.28. The fourth-order valence-corrected chi connectivity index (χ4v) is 5.17. The van der Waals surface area contributed by atoms with Gasteiger partial charge in [-0.15, -0.1) is 0 Å². The second-order valence-corrected chi connectivity index (χ2v) is 7.93. The van der Waals surface area contributed by atoms with Gasteiger partial charge >= 0.3 is 0 Å². The minimum Gasteiger partial charge on any atom is -0.497 e. The number of nitrogens with zero attached hydrogens (tertiary/aromatic N) is 2. The first-order chi connectivity index (χ1) is 13.7. The summed E-state index contributed by atoms with van der Waals surface area (Å²) in [7, 11) is 3.31. The summed E-state index contributed by atoms with van der Waals surface area (Å²) in [4.78, 5) is 19.6. The van der Waals surface area contributed by atoms with E-state index in [1.54, 1.807) is 14.2 Å². The number of aliphatic imine (C=N–C) groups is 1. The topological polar surface area (TPSA) is 51.1 Å². The number of carbonyl (C=O) groups excluding carboxylic acids is 1. The molecule has 5 nitrogen and oxygen atoms in total. The van der Waals surface area contributed by atoms with Crippen molar-refractivity contribution in [2.45, 2.75) is 18.9 Å². The van der Waals surface area contributed by atoms with Crippen molar-refractivity contribution in [2.75, 3.05) is 20.0 Å². The minimum atomic E-state index is -0.219. The van der Waals surface area contributed by atoms with Crippen LogP contribution in [0.25, 0.3) is 5.70 Å². The van der Waals surface area contributed by atoms with Crippen LogP contribution in [0.1, 0.15) is 29.2 Å². The molecule has 3 aliphatic rings. The van der Waals surface area contributed by atoms with Gasteiger partial charge in [-0.2, -0.15) is 0 Å². The summed E-state index contributed by atoms with van der Waals surface area (Å²) in [6.07, 6.45) is 1.81. The molecule has 1 amide bonds. The average molecular weight is 392 g/mol. The molecule has 0 unspecified atom stereocenters. The van der Waals surface area contributed by atoms with Gasteiger partial charge < -0.3 is 9.47 Å². The molecule has 0 N–H and O–H groups in total. The second-order valence-electron chi connectivity index (χ2n) is 6.99. The number of carbonyl (C=O) groups is 1. The van der Waals surface area contributed by atoms with Gasteiger partial charge in [0.05, 0.1) is 31.7 Å². The normalized spacial score (nSPS) is 20.4. The summed E-state index contributed by atoms with van der Waals surface area (Å²) < 4.78 is 11.1. The third-order valence-corrected chi connectivity index (χ3v) is 6.50. The molecular weight excluding hydrogens is 372 g/mol. The first-order valence-corrected chi connectivity index (χ1v) is 10.3. The van der Waals surface area contributed by atoms with Gasteiger partial charge in [0.25, 0.3) is 0 Å². The van der Waals surface area contributed by atoms with Gasteiger partial charge in [-0.25, -0.2) is 4.99 Å². The highest BCUT2D eigenvalue weighted by molar-refractivity contribution is 8.15. The van der Waals surface area contributed by atoms with Crippen molar-refractivity contribution in [2.24, 2.45) is 4.99 Å². The van der Waals surface area contributed by atoms with Crippen LogP contribution in [0.3, 0.4) is 0 Å². The standard InChI is InChI=1S/C22H20N2O3S/c1-26-14-8-10-18(27-2)17(11-14)21-16-9-7-13-5-3-4-6-15(13)20(16)23-22-24(21)19(25)12-28-22/h3-6,8,10-11,21H,7,9,12H2,1-2H3/t21-/m0/s1. The largest absolute Gasteiger partial charge is 0.497 e. The zero-order valence-electron chi connectivity index (χ0n) is 15.8. The van der Waals surface area contributed by atoms with E-state index in [1.165, 1.54) is 28.5 Å². The van der Waals surface area contributed by atoms with Crippen LogP contribution < -0.4 is 9.47 Å². The SMILES string of the molecule is COc1ccc(OC)c([C@@H]2C3=C(N=C4SCC(=O)N42)c2ccccc2CC3)c1. The maximum absolute atomic E-state index is 12.8. The molecule has 5 rings (SSSR count). The number of rotatable bonds is 3. The Morgan fingerprint density at radius 1 is 1.11 bits per heavy atom. The van der Waals surface area contributed by atoms with Crippen LogP contribution in [0.2, 0.25) is 0 Å².